The zero-order valence-electron chi connectivity index (χ0n) is 16.9. The van der Waals surface area contributed by atoms with Gasteiger partial charge in [-0.3, -0.25) is 9.59 Å². The summed E-state index contributed by atoms with van der Waals surface area (Å²) >= 11 is 1.55. The van der Waals surface area contributed by atoms with Gasteiger partial charge in [-0.2, -0.15) is 0 Å². The third-order valence-electron chi connectivity index (χ3n) is 4.39. The van der Waals surface area contributed by atoms with E-state index in [4.69, 9.17) is 0 Å². The Balaban J connectivity index is 1.51. The number of anilines is 1. The Hall–Kier alpha value is -2.99. The molecule has 2 aromatic carbocycles. The van der Waals surface area contributed by atoms with E-state index in [2.05, 4.69) is 34.7 Å². The van der Waals surface area contributed by atoms with E-state index in [1.807, 2.05) is 55.6 Å². The number of aromatic nitrogens is 1. The highest BCUT2D eigenvalue weighted by atomic mass is 32.1. The number of carbonyl (C=O) groups excluding carboxylic acids is 2. The zero-order valence-corrected chi connectivity index (χ0v) is 17.7. The van der Waals surface area contributed by atoms with Crippen LogP contribution in [0.4, 0.5) is 5.69 Å². The molecule has 5 nitrogen and oxygen atoms in total. The molecule has 1 heterocycles. The summed E-state index contributed by atoms with van der Waals surface area (Å²) in [7, 11) is 0. The summed E-state index contributed by atoms with van der Waals surface area (Å²) in [4.78, 5) is 28.6. The Labute approximate surface area is 175 Å². The van der Waals surface area contributed by atoms with Crippen LogP contribution in [0, 0.1) is 12.8 Å². The average molecular weight is 408 g/mol. The molecule has 1 aromatic heterocycles. The van der Waals surface area contributed by atoms with Gasteiger partial charge >= 0.3 is 0 Å². The second kappa shape index (κ2) is 9.47. The van der Waals surface area contributed by atoms with E-state index in [1.54, 1.807) is 11.3 Å². The molecule has 0 bridgehead atoms. The van der Waals surface area contributed by atoms with Crippen molar-refractivity contribution in [1.29, 1.82) is 0 Å². The molecular weight excluding hydrogens is 382 g/mol. The Morgan fingerprint density at radius 1 is 1.10 bits per heavy atom. The number of amides is 2. The maximum absolute atomic E-state index is 12.3. The van der Waals surface area contributed by atoms with Crippen molar-refractivity contribution in [3.8, 4) is 10.6 Å². The maximum Gasteiger partial charge on any atom is 0.226 e. The molecule has 0 atom stereocenters. The predicted molar refractivity (Wildman–Crippen MR) is 118 cm³/mol. The van der Waals surface area contributed by atoms with Gasteiger partial charge in [0, 0.05) is 29.1 Å². The largest absolute Gasteiger partial charge is 0.352 e. The van der Waals surface area contributed by atoms with Crippen LogP contribution in [-0.2, 0) is 22.6 Å². The van der Waals surface area contributed by atoms with Crippen LogP contribution in [0.2, 0.25) is 0 Å². The third kappa shape index (κ3) is 5.99. The summed E-state index contributed by atoms with van der Waals surface area (Å²) < 4.78 is 0. The number of nitrogens with zero attached hydrogens (tertiary/aromatic N) is 1. The number of carbonyl (C=O) groups is 2. The first-order valence-corrected chi connectivity index (χ1v) is 10.5. The number of aryl methyl sites for hydroxylation is 1. The van der Waals surface area contributed by atoms with Gasteiger partial charge in [0.25, 0.3) is 0 Å². The van der Waals surface area contributed by atoms with Crippen molar-refractivity contribution in [3.63, 3.8) is 0 Å². The minimum Gasteiger partial charge on any atom is -0.352 e. The van der Waals surface area contributed by atoms with Gasteiger partial charge in [-0.15, -0.1) is 11.3 Å². The first-order chi connectivity index (χ1) is 13.9. The molecule has 0 spiro atoms. The molecule has 2 amide bonds. The molecule has 0 aliphatic heterocycles. The van der Waals surface area contributed by atoms with Crippen LogP contribution >= 0.6 is 11.3 Å². The van der Waals surface area contributed by atoms with Crippen LogP contribution < -0.4 is 10.6 Å². The van der Waals surface area contributed by atoms with Gasteiger partial charge in [-0.25, -0.2) is 4.98 Å². The van der Waals surface area contributed by atoms with Crippen molar-refractivity contribution in [1.82, 2.24) is 10.3 Å². The Bertz CT molecular complexity index is 993. The molecule has 0 fully saturated rings. The normalized spacial score (nSPS) is 10.8. The predicted octanol–water partition coefficient (Wildman–Crippen LogP) is 4.57. The topological polar surface area (TPSA) is 71.1 Å². The molecule has 0 saturated heterocycles. The quantitative estimate of drug-likeness (QED) is 0.603. The van der Waals surface area contributed by atoms with Gasteiger partial charge in [0.05, 0.1) is 12.1 Å². The van der Waals surface area contributed by atoms with Crippen molar-refractivity contribution < 1.29 is 9.59 Å². The Morgan fingerprint density at radius 2 is 1.86 bits per heavy atom. The molecule has 0 unspecified atom stereocenters. The molecule has 150 valence electrons. The van der Waals surface area contributed by atoms with Crippen molar-refractivity contribution in [2.75, 3.05) is 5.32 Å². The molecule has 3 aromatic rings. The Kier molecular flexibility index (Phi) is 6.77. The fourth-order valence-electron chi connectivity index (χ4n) is 2.72. The lowest BCUT2D eigenvalue weighted by Crippen LogP contribution is -2.24. The number of rotatable bonds is 7. The second-order valence-corrected chi connectivity index (χ2v) is 8.17. The summed E-state index contributed by atoms with van der Waals surface area (Å²) in [5, 5.41) is 8.63. The van der Waals surface area contributed by atoms with E-state index in [1.165, 1.54) is 5.56 Å². The molecule has 6 heteroatoms. The number of hydrogen-bond acceptors (Lipinski definition) is 4. The molecule has 2 N–H and O–H groups in total. The van der Waals surface area contributed by atoms with E-state index in [9.17, 15) is 9.59 Å². The van der Waals surface area contributed by atoms with Crippen molar-refractivity contribution in [3.05, 3.63) is 70.7 Å². The van der Waals surface area contributed by atoms with Gasteiger partial charge in [0.2, 0.25) is 11.8 Å². The standard InChI is InChI=1S/C23H25N3O2S/c1-15(2)22(28)25-19-9-7-17(8-10-19)13-24-21(27)12-20-14-29-23(26-20)18-6-4-5-16(3)11-18/h4-11,14-15H,12-13H2,1-3H3,(H,24,27)(H,25,28). The molecule has 29 heavy (non-hydrogen) atoms. The molecule has 0 aliphatic rings. The van der Waals surface area contributed by atoms with Gasteiger partial charge in [0.15, 0.2) is 0 Å². The highest BCUT2D eigenvalue weighted by molar-refractivity contribution is 7.13. The van der Waals surface area contributed by atoms with Crippen LogP contribution in [0.5, 0.6) is 0 Å². The van der Waals surface area contributed by atoms with Gasteiger partial charge < -0.3 is 10.6 Å². The van der Waals surface area contributed by atoms with Crippen LogP contribution in [0.25, 0.3) is 10.6 Å². The smallest absolute Gasteiger partial charge is 0.226 e. The van der Waals surface area contributed by atoms with Gasteiger partial charge in [0.1, 0.15) is 5.01 Å². The molecular formula is C23H25N3O2S. The van der Waals surface area contributed by atoms with Crippen LogP contribution in [0.3, 0.4) is 0 Å². The van der Waals surface area contributed by atoms with E-state index in [-0.39, 0.29) is 24.2 Å². The van der Waals surface area contributed by atoms with E-state index in [0.29, 0.717) is 6.54 Å². The lowest BCUT2D eigenvalue weighted by molar-refractivity contribution is -0.120. The average Bonchev–Trinajstić information content (AvgIpc) is 3.16. The fraction of sp³-hybridized carbons (Fsp3) is 0.261. The zero-order chi connectivity index (χ0) is 20.8. The molecule has 0 radical (unpaired) electrons. The van der Waals surface area contributed by atoms with Gasteiger partial charge in [-0.05, 0) is 30.7 Å². The monoisotopic (exact) mass is 407 g/mol. The van der Waals surface area contributed by atoms with Crippen molar-refractivity contribution in [2.24, 2.45) is 5.92 Å². The highest BCUT2D eigenvalue weighted by Crippen LogP contribution is 2.24. The number of thiazole rings is 1. The minimum atomic E-state index is -0.0664. The number of hydrogen-bond donors (Lipinski definition) is 2. The van der Waals surface area contributed by atoms with Crippen molar-refractivity contribution in [2.45, 2.75) is 33.7 Å². The second-order valence-electron chi connectivity index (χ2n) is 7.31. The van der Waals surface area contributed by atoms with E-state index in [0.717, 1.165) is 27.5 Å². The summed E-state index contributed by atoms with van der Waals surface area (Å²) in [6.07, 6.45) is 0.255. The maximum atomic E-state index is 12.3. The van der Waals surface area contributed by atoms with Crippen LogP contribution in [0.1, 0.15) is 30.7 Å². The first kappa shape index (κ1) is 20.7. The lowest BCUT2D eigenvalue weighted by Gasteiger charge is -2.09. The lowest BCUT2D eigenvalue weighted by atomic mass is 10.1. The van der Waals surface area contributed by atoms with E-state index < -0.39 is 0 Å². The summed E-state index contributed by atoms with van der Waals surface area (Å²) in [6.45, 7) is 6.19. The Morgan fingerprint density at radius 3 is 2.55 bits per heavy atom. The van der Waals surface area contributed by atoms with Gasteiger partial charge in [-0.1, -0.05) is 49.7 Å². The number of nitrogens with one attached hydrogen (secondary N) is 2. The fourth-order valence-corrected chi connectivity index (χ4v) is 3.54. The summed E-state index contributed by atoms with van der Waals surface area (Å²) in [6, 6.07) is 15.7. The summed E-state index contributed by atoms with van der Waals surface area (Å²) in [5.74, 6) is -0.145. The highest BCUT2D eigenvalue weighted by Gasteiger charge is 2.10. The SMILES string of the molecule is Cc1cccc(-c2nc(CC(=O)NCc3ccc(NC(=O)C(C)C)cc3)cs2)c1. The third-order valence-corrected chi connectivity index (χ3v) is 5.33. The number of benzene rings is 2. The van der Waals surface area contributed by atoms with Crippen molar-refractivity contribution >= 4 is 28.8 Å². The summed E-state index contributed by atoms with van der Waals surface area (Å²) in [5.41, 5.74) is 4.76. The molecule has 0 aliphatic carbocycles. The van der Waals surface area contributed by atoms with E-state index >= 15 is 0 Å². The minimum absolute atomic E-state index is 0.0145. The van der Waals surface area contributed by atoms with Crippen LogP contribution in [-0.4, -0.2) is 16.8 Å². The first-order valence-electron chi connectivity index (χ1n) is 9.58. The molecule has 3 rings (SSSR count). The van der Waals surface area contributed by atoms with Crippen LogP contribution in [0.15, 0.2) is 53.9 Å². The molecule has 0 saturated carbocycles.